The van der Waals surface area contributed by atoms with E-state index in [0.717, 1.165) is 10.9 Å². The van der Waals surface area contributed by atoms with Gasteiger partial charge in [-0.1, -0.05) is 18.2 Å². The molecule has 0 spiro atoms. The Kier molecular flexibility index (Phi) is 2.95. The molecule has 0 saturated carbocycles. The monoisotopic (exact) mass is 245 g/mol. The second kappa shape index (κ2) is 4.29. The Balaban J connectivity index is 2.51. The van der Waals surface area contributed by atoms with E-state index in [1.54, 1.807) is 26.8 Å². The Morgan fingerprint density at radius 3 is 2.56 bits per heavy atom. The van der Waals surface area contributed by atoms with Crippen LogP contribution in [0.1, 0.15) is 41.6 Å². The van der Waals surface area contributed by atoms with E-state index in [9.17, 15) is 9.59 Å². The fraction of sp³-hybridized carbons (Fsp3) is 0.286. The Hall–Kier alpha value is -2.10. The molecule has 0 atom stereocenters. The molecule has 4 nitrogen and oxygen atoms in total. The van der Waals surface area contributed by atoms with Crippen LogP contribution in [0.2, 0.25) is 0 Å². The molecule has 2 rings (SSSR count). The number of H-pyrrole nitrogens is 1. The molecule has 0 aliphatic rings. The Morgan fingerprint density at radius 1 is 1.28 bits per heavy atom. The van der Waals surface area contributed by atoms with Crippen LogP contribution >= 0.6 is 0 Å². The second-order valence-corrected chi connectivity index (χ2v) is 5.08. The van der Waals surface area contributed by atoms with Gasteiger partial charge in [-0.05, 0) is 26.8 Å². The van der Waals surface area contributed by atoms with Crippen LogP contribution in [0.5, 0.6) is 0 Å². The number of esters is 1. The van der Waals surface area contributed by atoms with Crippen molar-refractivity contribution in [2.45, 2.75) is 26.4 Å². The predicted molar refractivity (Wildman–Crippen MR) is 68.9 cm³/mol. The van der Waals surface area contributed by atoms with Gasteiger partial charge in [0.25, 0.3) is 0 Å². The largest absolute Gasteiger partial charge is 0.455 e. The molecule has 0 bridgehead atoms. The van der Waals surface area contributed by atoms with Gasteiger partial charge in [0.15, 0.2) is 6.29 Å². The first-order valence-corrected chi connectivity index (χ1v) is 5.71. The normalized spacial score (nSPS) is 11.5. The molecule has 0 radical (unpaired) electrons. The maximum Gasteiger partial charge on any atom is 0.356 e. The Labute approximate surface area is 105 Å². The Morgan fingerprint density at radius 2 is 1.94 bits per heavy atom. The molecule has 1 heterocycles. The summed E-state index contributed by atoms with van der Waals surface area (Å²) in [6.45, 7) is 5.36. The molecule has 94 valence electrons. The molecule has 0 saturated heterocycles. The molecule has 0 aliphatic carbocycles. The van der Waals surface area contributed by atoms with Crippen LogP contribution in [0.25, 0.3) is 10.9 Å². The third-order valence-corrected chi connectivity index (χ3v) is 2.47. The first kappa shape index (κ1) is 12.4. The predicted octanol–water partition coefficient (Wildman–Crippen LogP) is 2.94. The number of para-hydroxylation sites is 1. The van der Waals surface area contributed by atoms with Crippen LogP contribution in [0.3, 0.4) is 0 Å². The van der Waals surface area contributed by atoms with Crippen molar-refractivity contribution in [2.24, 2.45) is 0 Å². The van der Waals surface area contributed by atoms with E-state index in [2.05, 4.69) is 4.98 Å². The summed E-state index contributed by atoms with van der Waals surface area (Å²) in [6.07, 6.45) is 0.679. The van der Waals surface area contributed by atoms with Crippen LogP contribution in [-0.2, 0) is 4.74 Å². The third-order valence-electron chi connectivity index (χ3n) is 2.47. The molecule has 0 amide bonds. The van der Waals surface area contributed by atoms with Crippen LogP contribution in [0.15, 0.2) is 24.3 Å². The van der Waals surface area contributed by atoms with Crippen LogP contribution in [-0.4, -0.2) is 22.8 Å². The van der Waals surface area contributed by atoms with Crippen molar-refractivity contribution in [1.82, 2.24) is 4.98 Å². The second-order valence-electron chi connectivity index (χ2n) is 5.08. The van der Waals surface area contributed by atoms with Gasteiger partial charge < -0.3 is 9.72 Å². The highest BCUT2D eigenvalue weighted by Gasteiger charge is 2.23. The SMILES string of the molecule is CC(C)(C)OC(=O)c1[nH]c2ccccc2c1C=O. The summed E-state index contributed by atoms with van der Waals surface area (Å²) in [5, 5.41) is 0.730. The molecule has 18 heavy (non-hydrogen) atoms. The number of fused-ring (bicyclic) bond motifs is 1. The third kappa shape index (κ3) is 2.27. The molecular weight excluding hydrogens is 230 g/mol. The van der Waals surface area contributed by atoms with E-state index in [0.29, 0.717) is 11.8 Å². The number of carbonyl (C=O) groups excluding carboxylic acids is 2. The minimum atomic E-state index is -0.589. The van der Waals surface area contributed by atoms with E-state index in [1.807, 2.05) is 18.2 Å². The lowest BCUT2D eigenvalue weighted by Gasteiger charge is -2.19. The van der Waals surface area contributed by atoms with Gasteiger partial charge in [0.05, 0.1) is 5.56 Å². The van der Waals surface area contributed by atoms with Gasteiger partial charge in [0, 0.05) is 10.9 Å². The standard InChI is InChI=1S/C14H15NO3/c1-14(2,3)18-13(17)12-10(8-16)9-6-4-5-7-11(9)15-12/h4-8,15H,1-3H3. The summed E-state index contributed by atoms with van der Waals surface area (Å²) in [6, 6.07) is 7.27. The molecule has 0 fully saturated rings. The zero-order chi connectivity index (χ0) is 13.3. The number of aromatic nitrogens is 1. The molecule has 1 N–H and O–H groups in total. The smallest absolute Gasteiger partial charge is 0.356 e. The molecule has 1 aromatic carbocycles. The van der Waals surface area contributed by atoms with Crippen molar-refractivity contribution in [2.75, 3.05) is 0 Å². The number of hydrogen-bond acceptors (Lipinski definition) is 3. The summed E-state index contributed by atoms with van der Waals surface area (Å²) >= 11 is 0. The summed E-state index contributed by atoms with van der Waals surface area (Å²) in [4.78, 5) is 26.1. The van der Waals surface area contributed by atoms with Gasteiger partial charge in [-0.3, -0.25) is 4.79 Å². The lowest BCUT2D eigenvalue weighted by atomic mass is 10.1. The zero-order valence-electron chi connectivity index (χ0n) is 10.6. The van der Waals surface area contributed by atoms with Crippen LogP contribution < -0.4 is 0 Å². The number of aromatic amines is 1. The van der Waals surface area contributed by atoms with E-state index in [-0.39, 0.29) is 5.69 Å². The first-order chi connectivity index (χ1) is 8.42. The highest BCUT2D eigenvalue weighted by Crippen LogP contribution is 2.22. The summed E-state index contributed by atoms with van der Waals surface area (Å²) in [5.74, 6) is -0.513. The van der Waals surface area contributed by atoms with Crippen molar-refractivity contribution in [3.05, 3.63) is 35.5 Å². The maximum absolute atomic E-state index is 12.0. The van der Waals surface area contributed by atoms with Gasteiger partial charge >= 0.3 is 5.97 Å². The molecule has 2 aromatic rings. The minimum absolute atomic E-state index is 0.209. The molecule has 0 aliphatic heterocycles. The number of nitrogens with one attached hydrogen (secondary N) is 1. The number of hydrogen-bond donors (Lipinski definition) is 1. The molecule has 0 unspecified atom stereocenters. The van der Waals surface area contributed by atoms with Crippen molar-refractivity contribution in [3.8, 4) is 0 Å². The van der Waals surface area contributed by atoms with E-state index >= 15 is 0 Å². The van der Waals surface area contributed by atoms with Gasteiger partial charge in [-0.25, -0.2) is 4.79 Å². The van der Waals surface area contributed by atoms with Crippen molar-refractivity contribution in [3.63, 3.8) is 0 Å². The van der Waals surface area contributed by atoms with Gasteiger partial charge in [-0.2, -0.15) is 0 Å². The lowest BCUT2D eigenvalue weighted by Crippen LogP contribution is -2.24. The highest BCUT2D eigenvalue weighted by molar-refractivity contribution is 6.08. The molecule has 1 aromatic heterocycles. The highest BCUT2D eigenvalue weighted by atomic mass is 16.6. The van der Waals surface area contributed by atoms with Crippen molar-refractivity contribution >= 4 is 23.2 Å². The minimum Gasteiger partial charge on any atom is -0.455 e. The number of carbonyl (C=O) groups is 2. The quantitative estimate of drug-likeness (QED) is 0.653. The summed E-state index contributed by atoms with van der Waals surface area (Å²) in [5.41, 5.74) is 0.718. The number of ether oxygens (including phenoxy) is 1. The van der Waals surface area contributed by atoms with E-state index in [4.69, 9.17) is 4.74 Å². The fourth-order valence-corrected chi connectivity index (χ4v) is 1.78. The number of benzene rings is 1. The fourth-order valence-electron chi connectivity index (χ4n) is 1.78. The average Bonchev–Trinajstić information content (AvgIpc) is 2.65. The van der Waals surface area contributed by atoms with Gasteiger partial charge in [0.2, 0.25) is 0 Å². The van der Waals surface area contributed by atoms with E-state index < -0.39 is 11.6 Å². The van der Waals surface area contributed by atoms with Crippen molar-refractivity contribution in [1.29, 1.82) is 0 Å². The zero-order valence-corrected chi connectivity index (χ0v) is 10.6. The first-order valence-electron chi connectivity index (χ1n) is 5.71. The number of aldehydes is 1. The molecular formula is C14H15NO3. The topological polar surface area (TPSA) is 59.2 Å². The summed E-state index contributed by atoms with van der Waals surface area (Å²) in [7, 11) is 0. The van der Waals surface area contributed by atoms with Crippen molar-refractivity contribution < 1.29 is 14.3 Å². The van der Waals surface area contributed by atoms with Crippen LogP contribution in [0.4, 0.5) is 0 Å². The van der Waals surface area contributed by atoms with Crippen LogP contribution in [0, 0.1) is 0 Å². The maximum atomic E-state index is 12.0. The lowest BCUT2D eigenvalue weighted by molar-refractivity contribution is 0.00626. The molecule has 4 heteroatoms. The Bertz CT molecular complexity index is 605. The summed E-state index contributed by atoms with van der Waals surface area (Å²) < 4.78 is 5.27. The van der Waals surface area contributed by atoms with Gasteiger partial charge in [-0.15, -0.1) is 0 Å². The van der Waals surface area contributed by atoms with Gasteiger partial charge in [0.1, 0.15) is 11.3 Å². The average molecular weight is 245 g/mol. The number of rotatable bonds is 2. The van der Waals surface area contributed by atoms with E-state index in [1.165, 1.54) is 0 Å².